The molecule has 0 saturated carbocycles. The molecule has 0 N–H and O–H groups in total. The highest BCUT2D eigenvalue weighted by molar-refractivity contribution is 6.03. The van der Waals surface area contributed by atoms with Gasteiger partial charge in [0.15, 0.2) is 6.10 Å². The summed E-state index contributed by atoms with van der Waals surface area (Å²) in [6.45, 7) is 10.4. The highest BCUT2D eigenvalue weighted by Crippen LogP contribution is 2.19. The average molecular weight is 378 g/mol. The van der Waals surface area contributed by atoms with Crippen molar-refractivity contribution in [2.75, 3.05) is 0 Å². The molecule has 0 aliphatic heterocycles. The van der Waals surface area contributed by atoms with E-state index in [1.165, 1.54) is 13.0 Å². The van der Waals surface area contributed by atoms with Crippen molar-refractivity contribution in [3.63, 3.8) is 0 Å². The molecule has 0 radical (unpaired) electrons. The van der Waals surface area contributed by atoms with Gasteiger partial charge >= 0.3 is 5.97 Å². The number of nitrogens with zero attached hydrogens (tertiary/aromatic N) is 2. The third-order valence-electron chi connectivity index (χ3n) is 4.69. The zero-order valence-corrected chi connectivity index (χ0v) is 17.1. The van der Waals surface area contributed by atoms with Crippen LogP contribution in [0, 0.1) is 32.1 Å². The molecule has 1 aromatic carbocycles. The molecule has 0 fully saturated rings. The number of carbonyl (C=O) groups is 2. The molecule has 146 valence electrons. The van der Waals surface area contributed by atoms with Gasteiger partial charge < -0.3 is 9.30 Å². The van der Waals surface area contributed by atoms with E-state index in [0.717, 1.165) is 35.5 Å². The lowest BCUT2D eigenvalue weighted by Gasteiger charge is -2.12. The van der Waals surface area contributed by atoms with Crippen molar-refractivity contribution in [2.24, 2.45) is 0 Å². The van der Waals surface area contributed by atoms with E-state index in [-0.39, 0.29) is 11.4 Å². The number of carbonyl (C=O) groups excluding carboxylic acids is 2. The number of ether oxygens (including phenoxy) is 1. The predicted molar refractivity (Wildman–Crippen MR) is 109 cm³/mol. The first-order chi connectivity index (χ1) is 13.3. The summed E-state index contributed by atoms with van der Waals surface area (Å²) in [6, 6.07) is 10.9. The Morgan fingerprint density at radius 3 is 2.43 bits per heavy atom. The lowest BCUT2D eigenvalue weighted by molar-refractivity contribution is -0.141. The van der Waals surface area contributed by atoms with Gasteiger partial charge in [-0.15, -0.1) is 0 Å². The summed E-state index contributed by atoms with van der Waals surface area (Å²) in [7, 11) is 0. The molecule has 2 aromatic rings. The SMILES string of the molecule is CCCn1c(C)cc(/C=C(\C#N)C(=O)O[C@@H](C)C(=O)c2ccc(C)cc2)c1C. The summed E-state index contributed by atoms with van der Waals surface area (Å²) in [5.41, 5.74) is 4.24. The molecule has 0 aliphatic carbocycles. The molecular weight excluding hydrogens is 352 g/mol. The number of benzene rings is 1. The molecule has 28 heavy (non-hydrogen) atoms. The van der Waals surface area contributed by atoms with Crippen LogP contribution in [0.1, 0.15) is 53.1 Å². The number of aryl methyl sites for hydroxylation is 2. The van der Waals surface area contributed by atoms with E-state index in [1.54, 1.807) is 12.1 Å². The smallest absolute Gasteiger partial charge is 0.349 e. The summed E-state index contributed by atoms with van der Waals surface area (Å²) in [5.74, 6) is -1.09. The van der Waals surface area contributed by atoms with E-state index in [1.807, 2.05) is 45.0 Å². The second kappa shape index (κ2) is 9.18. The van der Waals surface area contributed by atoms with E-state index in [4.69, 9.17) is 4.74 Å². The summed E-state index contributed by atoms with van der Waals surface area (Å²) in [6.07, 6.45) is 1.55. The number of aromatic nitrogens is 1. The number of Topliss-reactive ketones (excluding diaryl/α,β-unsaturated/α-hetero) is 1. The molecule has 5 heteroatoms. The molecule has 0 bridgehead atoms. The minimum absolute atomic E-state index is 0.125. The Hall–Kier alpha value is -3.13. The Bertz CT molecular complexity index is 943. The molecule has 0 unspecified atom stereocenters. The van der Waals surface area contributed by atoms with Crippen LogP contribution in [0.4, 0.5) is 0 Å². The van der Waals surface area contributed by atoms with Crippen LogP contribution in [0.25, 0.3) is 6.08 Å². The summed E-state index contributed by atoms with van der Waals surface area (Å²) in [4.78, 5) is 24.9. The zero-order chi connectivity index (χ0) is 20.8. The third-order valence-corrected chi connectivity index (χ3v) is 4.69. The number of esters is 1. The summed E-state index contributed by atoms with van der Waals surface area (Å²) in [5, 5.41) is 9.42. The van der Waals surface area contributed by atoms with Gasteiger partial charge in [0, 0.05) is 23.5 Å². The molecule has 0 spiro atoms. The molecule has 0 saturated heterocycles. The maximum atomic E-state index is 12.5. The van der Waals surface area contributed by atoms with E-state index in [0.29, 0.717) is 5.56 Å². The lowest BCUT2D eigenvalue weighted by Crippen LogP contribution is -2.25. The number of nitriles is 1. The number of hydrogen-bond donors (Lipinski definition) is 0. The highest BCUT2D eigenvalue weighted by Gasteiger charge is 2.22. The van der Waals surface area contributed by atoms with E-state index in [2.05, 4.69) is 11.5 Å². The Kier molecular flexibility index (Phi) is 6.94. The minimum Gasteiger partial charge on any atom is -0.450 e. The van der Waals surface area contributed by atoms with Gasteiger partial charge in [-0.3, -0.25) is 4.79 Å². The Morgan fingerprint density at radius 1 is 1.21 bits per heavy atom. The quantitative estimate of drug-likeness (QED) is 0.307. The van der Waals surface area contributed by atoms with Crippen LogP contribution in [0.3, 0.4) is 0 Å². The molecular formula is C23H26N2O3. The summed E-state index contributed by atoms with van der Waals surface area (Å²) < 4.78 is 7.41. The number of ketones is 1. The van der Waals surface area contributed by atoms with Crippen molar-refractivity contribution >= 4 is 17.8 Å². The van der Waals surface area contributed by atoms with Gasteiger partial charge in [-0.2, -0.15) is 5.26 Å². The van der Waals surface area contributed by atoms with Crippen LogP contribution in [0.2, 0.25) is 0 Å². The maximum absolute atomic E-state index is 12.5. The largest absolute Gasteiger partial charge is 0.450 e. The molecule has 0 aliphatic rings. The maximum Gasteiger partial charge on any atom is 0.349 e. The van der Waals surface area contributed by atoms with Gasteiger partial charge in [-0.05, 0) is 51.8 Å². The number of hydrogen-bond acceptors (Lipinski definition) is 4. The molecule has 5 nitrogen and oxygen atoms in total. The first kappa shape index (κ1) is 21.2. The van der Waals surface area contributed by atoms with Crippen molar-refractivity contribution in [2.45, 2.75) is 53.7 Å². The molecule has 1 heterocycles. The first-order valence-electron chi connectivity index (χ1n) is 9.38. The topological polar surface area (TPSA) is 72.1 Å². The van der Waals surface area contributed by atoms with Crippen LogP contribution in [0.15, 0.2) is 35.9 Å². The fourth-order valence-electron chi connectivity index (χ4n) is 3.06. The number of rotatable bonds is 7. The molecule has 2 rings (SSSR count). The van der Waals surface area contributed by atoms with Crippen molar-refractivity contribution in [3.05, 3.63) is 64.0 Å². The standard InChI is InChI=1S/C23H26N2O3/c1-6-11-25-16(3)12-20(17(25)4)13-21(14-24)23(27)28-18(5)22(26)19-9-7-15(2)8-10-19/h7-10,12-13,18H,6,11H2,1-5H3/b21-13+/t18-/m0/s1. The van der Waals surface area contributed by atoms with Crippen molar-refractivity contribution in [1.29, 1.82) is 5.26 Å². The molecule has 0 amide bonds. The van der Waals surface area contributed by atoms with Crippen LogP contribution in [-0.2, 0) is 16.1 Å². The highest BCUT2D eigenvalue weighted by atomic mass is 16.5. The Labute approximate surface area is 166 Å². The molecule has 1 atom stereocenters. The zero-order valence-electron chi connectivity index (χ0n) is 17.1. The third kappa shape index (κ3) is 4.77. The van der Waals surface area contributed by atoms with E-state index < -0.39 is 12.1 Å². The second-order valence-corrected chi connectivity index (χ2v) is 6.93. The van der Waals surface area contributed by atoms with Gasteiger partial charge in [-0.1, -0.05) is 36.8 Å². The lowest BCUT2D eigenvalue weighted by atomic mass is 10.1. The van der Waals surface area contributed by atoms with Gasteiger partial charge in [-0.25, -0.2) is 4.79 Å². The Morgan fingerprint density at radius 2 is 1.86 bits per heavy atom. The Balaban J connectivity index is 2.18. The monoisotopic (exact) mass is 378 g/mol. The van der Waals surface area contributed by atoms with Crippen LogP contribution in [0.5, 0.6) is 0 Å². The van der Waals surface area contributed by atoms with Gasteiger partial charge in [0.2, 0.25) is 5.78 Å². The van der Waals surface area contributed by atoms with Crippen LogP contribution < -0.4 is 0 Å². The second-order valence-electron chi connectivity index (χ2n) is 6.93. The van der Waals surface area contributed by atoms with Crippen LogP contribution >= 0.6 is 0 Å². The van der Waals surface area contributed by atoms with Gasteiger partial charge in [0.05, 0.1) is 0 Å². The van der Waals surface area contributed by atoms with Crippen molar-refractivity contribution in [1.82, 2.24) is 4.57 Å². The average Bonchev–Trinajstić information content (AvgIpc) is 2.93. The van der Waals surface area contributed by atoms with E-state index >= 15 is 0 Å². The van der Waals surface area contributed by atoms with Crippen molar-refractivity contribution in [3.8, 4) is 6.07 Å². The fourth-order valence-corrected chi connectivity index (χ4v) is 3.06. The molecule has 1 aromatic heterocycles. The predicted octanol–water partition coefficient (Wildman–Crippen LogP) is 4.54. The fraction of sp³-hybridized carbons (Fsp3) is 0.348. The first-order valence-corrected chi connectivity index (χ1v) is 9.38. The van der Waals surface area contributed by atoms with Gasteiger partial charge in [0.1, 0.15) is 11.6 Å². The van der Waals surface area contributed by atoms with Crippen LogP contribution in [-0.4, -0.2) is 22.4 Å². The van der Waals surface area contributed by atoms with E-state index in [9.17, 15) is 14.9 Å². The van der Waals surface area contributed by atoms with Crippen molar-refractivity contribution < 1.29 is 14.3 Å². The minimum atomic E-state index is -0.973. The summed E-state index contributed by atoms with van der Waals surface area (Å²) >= 11 is 0. The normalized spacial score (nSPS) is 12.4. The van der Waals surface area contributed by atoms with Gasteiger partial charge in [0.25, 0.3) is 0 Å².